The third kappa shape index (κ3) is 3.72. The molecule has 4 heteroatoms. The van der Waals surface area contributed by atoms with Crippen molar-refractivity contribution < 1.29 is 13.9 Å². The van der Waals surface area contributed by atoms with E-state index in [2.05, 4.69) is 46.5 Å². The van der Waals surface area contributed by atoms with Crippen LogP contribution >= 0.6 is 0 Å². The first-order chi connectivity index (χ1) is 14.6. The zero-order valence-corrected chi connectivity index (χ0v) is 22.0. The van der Waals surface area contributed by atoms with E-state index in [-0.39, 0.29) is 5.79 Å². The third-order valence-electron chi connectivity index (χ3n) is 10.5. The molecule has 0 aromatic carbocycles. The van der Waals surface area contributed by atoms with E-state index in [0.717, 1.165) is 56.3 Å². The monoisotopic (exact) mass is 446 g/mol. The summed E-state index contributed by atoms with van der Waals surface area (Å²) in [6.07, 6.45) is 13.0. The first-order valence-electron chi connectivity index (χ1n) is 13.2. The van der Waals surface area contributed by atoms with E-state index in [1.807, 2.05) is 0 Å². The molecule has 0 aromatic heterocycles. The maximum atomic E-state index is 6.37. The van der Waals surface area contributed by atoms with E-state index in [9.17, 15) is 0 Å². The maximum absolute atomic E-state index is 6.37. The summed E-state index contributed by atoms with van der Waals surface area (Å²) in [6, 6.07) is 0. The second-order valence-corrected chi connectivity index (χ2v) is 17.7. The van der Waals surface area contributed by atoms with Crippen molar-refractivity contribution >= 4 is 8.32 Å². The molecule has 0 N–H and O–H groups in total. The minimum absolute atomic E-state index is 0.286. The predicted octanol–water partition coefficient (Wildman–Crippen LogP) is 6.80. The van der Waals surface area contributed by atoms with Gasteiger partial charge in [0.25, 0.3) is 0 Å². The van der Waals surface area contributed by atoms with Gasteiger partial charge in [-0.25, -0.2) is 0 Å². The summed E-state index contributed by atoms with van der Waals surface area (Å²) < 4.78 is 18.6. The van der Waals surface area contributed by atoms with E-state index < -0.39 is 8.32 Å². The Bertz CT molecular complexity index is 720. The molecule has 5 rings (SSSR count). The Morgan fingerprint density at radius 3 is 2.48 bits per heavy atom. The zero-order valence-electron chi connectivity index (χ0n) is 21.0. The summed E-state index contributed by atoms with van der Waals surface area (Å²) in [5.74, 6) is 3.87. The van der Waals surface area contributed by atoms with E-state index >= 15 is 0 Å². The summed E-state index contributed by atoms with van der Waals surface area (Å²) in [4.78, 5) is 0. The van der Waals surface area contributed by atoms with Crippen LogP contribution in [0.25, 0.3) is 0 Å². The lowest BCUT2D eigenvalue weighted by Gasteiger charge is -2.59. The second-order valence-electron chi connectivity index (χ2n) is 13.2. The van der Waals surface area contributed by atoms with E-state index in [1.165, 1.54) is 38.5 Å². The number of ether oxygens (including phenoxy) is 2. The smallest absolute Gasteiger partial charge is 0.183 e. The number of hydrogen-bond donors (Lipinski definition) is 0. The van der Waals surface area contributed by atoms with Gasteiger partial charge in [0, 0.05) is 19.4 Å². The topological polar surface area (TPSA) is 27.7 Å². The highest BCUT2D eigenvalue weighted by atomic mass is 28.4. The largest absolute Gasteiger partial charge is 0.417 e. The Morgan fingerprint density at radius 1 is 1.03 bits per heavy atom. The zero-order chi connectivity index (χ0) is 22.1. The fourth-order valence-electron chi connectivity index (χ4n) is 8.82. The van der Waals surface area contributed by atoms with Crippen LogP contribution in [0.2, 0.25) is 19.6 Å². The van der Waals surface area contributed by atoms with Gasteiger partial charge in [0.05, 0.1) is 13.2 Å². The molecule has 1 heterocycles. The molecular formula is C27H46O3Si. The summed E-state index contributed by atoms with van der Waals surface area (Å²) in [7, 11) is -1.44. The highest BCUT2D eigenvalue weighted by molar-refractivity contribution is 6.69. The summed E-state index contributed by atoms with van der Waals surface area (Å²) in [5, 5.41) is 0. The second kappa shape index (κ2) is 7.68. The molecule has 1 spiro atoms. The Morgan fingerprint density at radius 2 is 1.77 bits per heavy atom. The fourth-order valence-corrected chi connectivity index (χ4v) is 9.58. The van der Waals surface area contributed by atoms with Gasteiger partial charge in [-0.2, -0.15) is 0 Å². The molecule has 0 aromatic rings. The van der Waals surface area contributed by atoms with Crippen LogP contribution in [0, 0.1) is 40.4 Å². The Labute approximate surface area is 191 Å². The molecule has 31 heavy (non-hydrogen) atoms. The number of rotatable bonds is 4. The van der Waals surface area contributed by atoms with Crippen LogP contribution in [0.15, 0.2) is 11.6 Å². The Balaban J connectivity index is 1.33. The van der Waals surface area contributed by atoms with Crippen molar-refractivity contribution in [2.24, 2.45) is 40.4 Å². The number of hydrogen-bond acceptors (Lipinski definition) is 3. The van der Waals surface area contributed by atoms with Gasteiger partial charge in [-0.15, -0.1) is 0 Å². The lowest BCUT2D eigenvalue weighted by molar-refractivity contribution is -0.185. The molecule has 1 saturated heterocycles. The molecule has 3 saturated carbocycles. The van der Waals surface area contributed by atoms with Crippen molar-refractivity contribution in [2.45, 2.75) is 97.6 Å². The van der Waals surface area contributed by atoms with Gasteiger partial charge in [-0.05, 0) is 98.6 Å². The quantitative estimate of drug-likeness (QED) is 0.351. The van der Waals surface area contributed by atoms with Crippen molar-refractivity contribution in [2.75, 3.05) is 19.8 Å². The molecule has 4 fully saturated rings. The molecule has 5 aliphatic rings. The first-order valence-corrected chi connectivity index (χ1v) is 16.6. The molecule has 0 amide bonds. The number of allylic oxidation sites excluding steroid dienone is 1. The molecule has 3 nitrogen and oxygen atoms in total. The number of fused-ring (bicyclic) bond motifs is 5. The standard InChI is InChI=1S/C27H46O3Si/c1-19(18-30-31(4,5)6)22-9-10-23-21-8-7-20-17-27(28-15-16-29-27)14-13-25(20,2)24(21)11-12-26(22,23)3/h7,19,21-24H,8-18H2,1-6H3/t19?,21?,22-,23?,24?,25+,26-/m1/s1. The molecule has 0 radical (unpaired) electrons. The maximum Gasteiger partial charge on any atom is 0.183 e. The van der Waals surface area contributed by atoms with Crippen molar-refractivity contribution in [1.82, 2.24) is 0 Å². The molecule has 0 bridgehead atoms. The summed E-state index contributed by atoms with van der Waals surface area (Å²) in [6.45, 7) is 17.2. The minimum Gasteiger partial charge on any atom is -0.417 e. The van der Waals surface area contributed by atoms with Crippen LogP contribution in [0.4, 0.5) is 0 Å². The van der Waals surface area contributed by atoms with Gasteiger partial charge in [0.2, 0.25) is 0 Å². The average molecular weight is 447 g/mol. The Kier molecular flexibility index (Phi) is 5.60. The van der Waals surface area contributed by atoms with Crippen LogP contribution in [-0.2, 0) is 13.9 Å². The first kappa shape index (κ1) is 22.6. The lowest BCUT2D eigenvalue weighted by Crippen LogP contribution is -2.52. The lowest BCUT2D eigenvalue weighted by atomic mass is 9.47. The molecular weight excluding hydrogens is 400 g/mol. The van der Waals surface area contributed by atoms with Crippen LogP contribution < -0.4 is 0 Å². The van der Waals surface area contributed by atoms with E-state index in [4.69, 9.17) is 13.9 Å². The highest BCUT2D eigenvalue weighted by Crippen LogP contribution is 2.67. The Hall–Kier alpha value is -0.163. The van der Waals surface area contributed by atoms with Gasteiger partial charge in [-0.3, -0.25) is 0 Å². The van der Waals surface area contributed by atoms with Crippen LogP contribution in [0.5, 0.6) is 0 Å². The van der Waals surface area contributed by atoms with Crippen molar-refractivity contribution in [3.05, 3.63) is 11.6 Å². The average Bonchev–Trinajstić information content (AvgIpc) is 3.30. The summed E-state index contributed by atoms with van der Waals surface area (Å²) in [5.41, 5.74) is 2.55. The molecule has 176 valence electrons. The normalized spacial score (nSPS) is 45.0. The van der Waals surface area contributed by atoms with Gasteiger partial charge in [0.15, 0.2) is 14.1 Å². The van der Waals surface area contributed by atoms with Crippen molar-refractivity contribution in [3.8, 4) is 0 Å². The van der Waals surface area contributed by atoms with E-state index in [0.29, 0.717) is 16.7 Å². The van der Waals surface area contributed by atoms with Crippen molar-refractivity contribution in [3.63, 3.8) is 0 Å². The molecule has 4 aliphatic carbocycles. The fraction of sp³-hybridized carbons (Fsp3) is 0.926. The SMILES string of the molecule is CC(CO[Si](C)(C)C)[C@H]1CCC2C3CC=C4CC5(CC[C@]4(C)C3CC[C@@]21C)OCCO5. The van der Waals surface area contributed by atoms with Crippen molar-refractivity contribution in [1.29, 1.82) is 0 Å². The third-order valence-corrected chi connectivity index (χ3v) is 11.5. The van der Waals surface area contributed by atoms with E-state index in [1.54, 1.807) is 5.57 Å². The molecule has 7 atom stereocenters. The van der Waals surface area contributed by atoms with Crippen LogP contribution in [0.1, 0.15) is 72.1 Å². The molecule has 1 aliphatic heterocycles. The minimum atomic E-state index is -1.44. The predicted molar refractivity (Wildman–Crippen MR) is 128 cm³/mol. The van der Waals surface area contributed by atoms with Crippen LogP contribution in [0.3, 0.4) is 0 Å². The summed E-state index contributed by atoms with van der Waals surface area (Å²) >= 11 is 0. The van der Waals surface area contributed by atoms with Gasteiger partial charge in [-0.1, -0.05) is 32.4 Å². The van der Waals surface area contributed by atoms with Crippen LogP contribution in [-0.4, -0.2) is 33.9 Å². The highest BCUT2D eigenvalue weighted by Gasteiger charge is 2.60. The van der Waals surface area contributed by atoms with Gasteiger partial charge in [0.1, 0.15) is 0 Å². The van der Waals surface area contributed by atoms with Gasteiger partial charge >= 0.3 is 0 Å². The molecule has 4 unspecified atom stereocenters. The van der Waals surface area contributed by atoms with Gasteiger partial charge < -0.3 is 13.9 Å².